The van der Waals surface area contributed by atoms with E-state index in [9.17, 15) is 4.79 Å². The molecule has 0 amide bonds. The van der Waals surface area contributed by atoms with Crippen molar-refractivity contribution in [3.05, 3.63) is 142 Å². The van der Waals surface area contributed by atoms with Crippen LogP contribution in [0, 0.1) is 5.41 Å². The van der Waals surface area contributed by atoms with Crippen molar-refractivity contribution >= 4 is 28.3 Å². The van der Waals surface area contributed by atoms with Crippen molar-refractivity contribution in [3.63, 3.8) is 0 Å². The zero-order valence-electron chi connectivity index (χ0n) is 27.6. The summed E-state index contributed by atoms with van der Waals surface area (Å²) in [5.74, 6) is 0.733. The number of benzene rings is 3. The molecule has 50 heavy (non-hydrogen) atoms. The van der Waals surface area contributed by atoms with Crippen molar-refractivity contribution in [2.24, 2.45) is 5.41 Å². The lowest BCUT2D eigenvalue weighted by molar-refractivity contribution is -0.0740. The summed E-state index contributed by atoms with van der Waals surface area (Å²) >= 11 is 5.99. The Labute approximate surface area is 295 Å². The predicted octanol–water partition coefficient (Wildman–Crippen LogP) is 8.06. The molecule has 2 fully saturated rings. The van der Waals surface area contributed by atoms with Crippen LogP contribution in [0.5, 0.6) is 11.8 Å². The molecular weight excluding hydrogens is 650 g/mol. The van der Waals surface area contributed by atoms with E-state index in [2.05, 4.69) is 20.9 Å². The Morgan fingerprint density at radius 1 is 0.820 bits per heavy atom. The summed E-state index contributed by atoms with van der Waals surface area (Å²) in [7, 11) is 0. The molecule has 3 aromatic carbocycles. The SMILES string of the molecule is O=c1[nH]c2c(N3CCC4(CCC(c5ccc(Cl)nc5)OC4)CC3)cccc2n1-c1ccc(OCc2ccccc2)nc1OCc1ccccc1. The number of rotatable bonds is 9. The van der Waals surface area contributed by atoms with Gasteiger partial charge < -0.3 is 24.1 Å². The Bertz CT molecular complexity index is 2120. The maximum atomic E-state index is 13.8. The summed E-state index contributed by atoms with van der Waals surface area (Å²) in [5.41, 5.74) is 6.12. The number of nitrogens with one attached hydrogen (secondary N) is 1. The fraction of sp³-hybridized carbons (Fsp3) is 0.275. The number of imidazole rings is 1. The van der Waals surface area contributed by atoms with Crippen molar-refractivity contribution < 1.29 is 14.2 Å². The number of fused-ring (bicyclic) bond motifs is 1. The first-order chi connectivity index (χ1) is 24.5. The molecular formula is C40H38ClN5O4. The van der Waals surface area contributed by atoms with E-state index in [-0.39, 0.29) is 17.2 Å². The molecule has 0 saturated carbocycles. The number of ether oxygens (including phenoxy) is 3. The van der Waals surface area contributed by atoms with Crippen LogP contribution in [-0.4, -0.2) is 39.2 Å². The fourth-order valence-corrected chi connectivity index (χ4v) is 7.29. The van der Waals surface area contributed by atoms with Crippen LogP contribution in [-0.2, 0) is 18.0 Å². The third-order valence-corrected chi connectivity index (χ3v) is 10.2. The summed E-state index contributed by atoms with van der Waals surface area (Å²) in [4.78, 5) is 28.3. The Kier molecular flexibility index (Phi) is 9.00. The molecule has 6 aromatic rings. The van der Waals surface area contributed by atoms with Crippen molar-refractivity contribution in [2.75, 3.05) is 24.6 Å². The van der Waals surface area contributed by atoms with E-state index in [1.165, 1.54) is 0 Å². The molecule has 0 radical (unpaired) electrons. The molecule has 2 aliphatic rings. The van der Waals surface area contributed by atoms with Crippen LogP contribution in [0.3, 0.4) is 0 Å². The number of hydrogen-bond donors (Lipinski definition) is 1. The maximum absolute atomic E-state index is 13.8. The molecule has 10 heteroatoms. The van der Waals surface area contributed by atoms with Gasteiger partial charge in [-0.15, -0.1) is 0 Å². The first-order valence-corrected chi connectivity index (χ1v) is 17.5. The molecule has 5 heterocycles. The van der Waals surface area contributed by atoms with Crippen LogP contribution in [0.15, 0.2) is 114 Å². The van der Waals surface area contributed by atoms with E-state index < -0.39 is 0 Å². The van der Waals surface area contributed by atoms with Gasteiger partial charge in [0.2, 0.25) is 11.8 Å². The average molecular weight is 688 g/mol. The van der Waals surface area contributed by atoms with E-state index in [0.29, 0.717) is 35.8 Å². The first-order valence-electron chi connectivity index (χ1n) is 17.1. The van der Waals surface area contributed by atoms with Gasteiger partial charge in [-0.2, -0.15) is 4.98 Å². The highest BCUT2D eigenvalue weighted by Gasteiger charge is 2.39. The summed E-state index contributed by atoms with van der Waals surface area (Å²) in [6.07, 6.45) is 5.99. The molecule has 254 valence electrons. The highest BCUT2D eigenvalue weighted by molar-refractivity contribution is 6.29. The van der Waals surface area contributed by atoms with Crippen LogP contribution in [0.1, 0.15) is 48.5 Å². The largest absolute Gasteiger partial charge is 0.473 e. The summed E-state index contributed by atoms with van der Waals surface area (Å²) < 4.78 is 20.4. The minimum Gasteiger partial charge on any atom is -0.473 e. The number of nitrogens with zero attached hydrogens (tertiary/aromatic N) is 4. The number of halogens is 1. The van der Waals surface area contributed by atoms with Crippen molar-refractivity contribution in [1.82, 2.24) is 19.5 Å². The molecule has 9 nitrogen and oxygen atoms in total. The van der Waals surface area contributed by atoms with Crippen LogP contribution < -0.4 is 20.1 Å². The average Bonchev–Trinajstić information content (AvgIpc) is 3.50. The third kappa shape index (κ3) is 6.71. The van der Waals surface area contributed by atoms with Gasteiger partial charge in [0, 0.05) is 25.4 Å². The normalized spacial score (nSPS) is 17.2. The van der Waals surface area contributed by atoms with Crippen LogP contribution in [0.25, 0.3) is 16.7 Å². The Morgan fingerprint density at radius 2 is 1.56 bits per heavy atom. The zero-order valence-corrected chi connectivity index (χ0v) is 28.4. The Balaban J connectivity index is 1.03. The van der Waals surface area contributed by atoms with Crippen molar-refractivity contribution in [2.45, 2.75) is 45.0 Å². The number of hydrogen-bond acceptors (Lipinski definition) is 7. The molecule has 1 unspecified atom stereocenters. The molecule has 0 aliphatic carbocycles. The Hall–Kier alpha value is -5.12. The van der Waals surface area contributed by atoms with E-state index in [1.807, 2.05) is 97.2 Å². The minimum absolute atomic E-state index is 0.0579. The van der Waals surface area contributed by atoms with E-state index >= 15 is 0 Å². The fourth-order valence-electron chi connectivity index (χ4n) is 7.18. The number of para-hydroxylation sites is 1. The number of anilines is 1. The summed E-state index contributed by atoms with van der Waals surface area (Å²) in [5, 5.41) is 0.496. The van der Waals surface area contributed by atoms with Gasteiger partial charge in [-0.1, -0.05) is 84.4 Å². The van der Waals surface area contributed by atoms with Gasteiger partial charge in [-0.3, -0.25) is 4.57 Å². The smallest absolute Gasteiger partial charge is 0.331 e. The predicted molar refractivity (Wildman–Crippen MR) is 194 cm³/mol. The van der Waals surface area contributed by atoms with Crippen molar-refractivity contribution in [3.8, 4) is 17.4 Å². The van der Waals surface area contributed by atoms with E-state index in [1.54, 1.807) is 10.6 Å². The van der Waals surface area contributed by atoms with Gasteiger partial charge in [0.25, 0.3) is 0 Å². The van der Waals surface area contributed by atoms with Gasteiger partial charge >= 0.3 is 5.69 Å². The molecule has 2 saturated heterocycles. The quantitative estimate of drug-likeness (QED) is 0.154. The molecule has 2 aliphatic heterocycles. The molecule has 1 atom stereocenters. The summed E-state index contributed by atoms with van der Waals surface area (Å²) in [6.45, 7) is 3.15. The number of H-pyrrole nitrogens is 1. The van der Waals surface area contributed by atoms with Gasteiger partial charge in [0.1, 0.15) is 24.1 Å². The molecule has 1 N–H and O–H groups in total. The first kappa shape index (κ1) is 32.1. The standard InChI is InChI=1S/C40H38ClN5O4/c41-35-16-14-30(24-42-35)34-18-19-40(27-50-34)20-22-45(23-21-40)31-12-7-13-32-37(31)44-39(47)46(32)33-15-17-36(48-25-28-8-3-1-4-9-28)43-38(33)49-26-29-10-5-2-6-11-29/h1-17,24,34H,18-23,25-27H2,(H,44,47). The lowest BCUT2D eigenvalue weighted by Crippen LogP contribution is -2.44. The van der Waals surface area contributed by atoms with Crippen LogP contribution >= 0.6 is 11.6 Å². The van der Waals surface area contributed by atoms with E-state index in [4.69, 9.17) is 30.8 Å². The highest BCUT2D eigenvalue weighted by atomic mass is 35.5. The van der Waals surface area contributed by atoms with E-state index in [0.717, 1.165) is 78.8 Å². The lowest BCUT2D eigenvalue weighted by Gasteiger charge is -2.46. The second kappa shape index (κ2) is 14.0. The summed E-state index contributed by atoms with van der Waals surface area (Å²) in [6, 6.07) is 33.4. The Morgan fingerprint density at radius 3 is 2.24 bits per heavy atom. The van der Waals surface area contributed by atoms with Gasteiger partial charge in [-0.05, 0) is 72.1 Å². The second-order valence-electron chi connectivity index (χ2n) is 13.2. The number of aromatic nitrogens is 4. The van der Waals surface area contributed by atoms with Crippen LogP contribution in [0.4, 0.5) is 5.69 Å². The number of piperidine rings is 1. The number of aromatic amines is 1. The minimum atomic E-state index is -0.256. The highest BCUT2D eigenvalue weighted by Crippen LogP contribution is 2.45. The second-order valence-corrected chi connectivity index (χ2v) is 13.6. The third-order valence-electron chi connectivity index (χ3n) is 10.0. The van der Waals surface area contributed by atoms with Gasteiger partial charge in [-0.25, -0.2) is 9.78 Å². The topological polar surface area (TPSA) is 94.5 Å². The maximum Gasteiger partial charge on any atom is 0.331 e. The monoisotopic (exact) mass is 687 g/mol. The lowest BCUT2D eigenvalue weighted by atomic mass is 9.73. The number of pyridine rings is 2. The van der Waals surface area contributed by atoms with Gasteiger partial charge in [0.05, 0.1) is 29.4 Å². The van der Waals surface area contributed by atoms with Crippen LogP contribution in [0.2, 0.25) is 5.15 Å². The molecule has 0 bridgehead atoms. The molecule has 3 aromatic heterocycles. The van der Waals surface area contributed by atoms with Gasteiger partial charge in [0.15, 0.2) is 0 Å². The molecule has 8 rings (SSSR count). The molecule has 1 spiro atoms. The van der Waals surface area contributed by atoms with Crippen molar-refractivity contribution in [1.29, 1.82) is 0 Å². The zero-order chi connectivity index (χ0) is 33.9.